The Bertz CT molecular complexity index is 864. The highest BCUT2D eigenvalue weighted by atomic mass is 16.5. The molecule has 0 amide bonds. The molecule has 3 aromatic rings. The van der Waals surface area contributed by atoms with Crippen LogP contribution in [0.25, 0.3) is 10.9 Å². The van der Waals surface area contributed by atoms with Crippen LogP contribution in [0.5, 0.6) is 5.75 Å². The maximum absolute atomic E-state index is 11.2. The molecule has 0 fully saturated rings. The van der Waals surface area contributed by atoms with Gasteiger partial charge in [-0.15, -0.1) is 0 Å². The summed E-state index contributed by atoms with van der Waals surface area (Å²) >= 11 is 0. The summed E-state index contributed by atoms with van der Waals surface area (Å²) in [5, 5.41) is 10.2. The van der Waals surface area contributed by atoms with Crippen molar-refractivity contribution in [1.29, 1.82) is 0 Å². The van der Waals surface area contributed by atoms with Gasteiger partial charge in [0.2, 0.25) is 0 Å². The predicted molar refractivity (Wildman–Crippen MR) is 90.1 cm³/mol. The van der Waals surface area contributed by atoms with Crippen LogP contribution in [-0.2, 0) is 13.2 Å². The number of fused-ring (bicyclic) bond motifs is 1. The summed E-state index contributed by atoms with van der Waals surface area (Å²) in [7, 11) is 0. The van der Waals surface area contributed by atoms with Crippen molar-refractivity contribution in [2.75, 3.05) is 0 Å². The maximum Gasteiger partial charge on any atom is 0.335 e. The highest BCUT2D eigenvalue weighted by Crippen LogP contribution is 2.25. The van der Waals surface area contributed by atoms with E-state index in [0.29, 0.717) is 12.2 Å². The summed E-state index contributed by atoms with van der Waals surface area (Å²) in [6.45, 7) is 5.31. The SMILES string of the molecule is CCn1cc(COc2cccc(C)c2)c2ccc(C(=O)O)cc21. The second-order valence-corrected chi connectivity index (χ2v) is 5.58. The molecule has 0 unspecified atom stereocenters. The first-order valence-electron chi connectivity index (χ1n) is 7.63. The van der Waals surface area contributed by atoms with Crippen molar-refractivity contribution in [3.63, 3.8) is 0 Å². The van der Waals surface area contributed by atoms with Gasteiger partial charge in [0.25, 0.3) is 0 Å². The molecular formula is C19H19NO3. The summed E-state index contributed by atoms with van der Waals surface area (Å²) in [5.74, 6) is -0.0714. The highest BCUT2D eigenvalue weighted by Gasteiger charge is 2.11. The third kappa shape index (κ3) is 3.06. The lowest BCUT2D eigenvalue weighted by atomic mass is 10.1. The van der Waals surface area contributed by atoms with Crippen molar-refractivity contribution >= 4 is 16.9 Å². The minimum atomic E-state index is -0.909. The topological polar surface area (TPSA) is 51.5 Å². The van der Waals surface area contributed by atoms with Crippen LogP contribution >= 0.6 is 0 Å². The second kappa shape index (κ2) is 6.16. The Morgan fingerprint density at radius 2 is 2.04 bits per heavy atom. The zero-order chi connectivity index (χ0) is 16.4. The fraction of sp³-hybridized carbons (Fsp3) is 0.211. The number of aromatic carboxylic acids is 1. The number of hydrogen-bond donors (Lipinski definition) is 1. The monoisotopic (exact) mass is 309 g/mol. The van der Waals surface area contributed by atoms with E-state index >= 15 is 0 Å². The molecule has 1 aromatic heterocycles. The molecule has 1 heterocycles. The van der Waals surface area contributed by atoms with Crippen LogP contribution < -0.4 is 4.74 Å². The number of nitrogens with zero attached hydrogens (tertiary/aromatic N) is 1. The molecule has 118 valence electrons. The number of aryl methyl sites for hydroxylation is 2. The van der Waals surface area contributed by atoms with Crippen molar-refractivity contribution in [3.05, 3.63) is 65.4 Å². The van der Waals surface area contributed by atoms with Gasteiger partial charge in [-0.3, -0.25) is 0 Å². The summed E-state index contributed by atoms with van der Waals surface area (Å²) in [4.78, 5) is 11.2. The molecule has 0 aliphatic carbocycles. The molecule has 23 heavy (non-hydrogen) atoms. The minimum Gasteiger partial charge on any atom is -0.489 e. The first-order valence-corrected chi connectivity index (χ1v) is 7.63. The Morgan fingerprint density at radius 1 is 1.22 bits per heavy atom. The number of ether oxygens (including phenoxy) is 1. The van der Waals surface area contributed by atoms with Crippen LogP contribution in [0.1, 0.15) is 28.4 Å². The van der Waals surface area contributed by atoms with Gasteiger partial charge in [0.1, 0.15) is 12.4 Å². The Kier molecular flexibility index (Phi) is 4.06. The van der Waals surface area contributed by atoms with Crippen molar-refractivity contribution in [2.24, 2.45) is 0 Å². The number of rotatable bonds is 5. The number of benzene rings is 2. The number of hydrogen-bond acceptors (Lipinski definition) is 2. The summed E-state index contributed by atoms with van der Waals surface area (Å²) in [6.07, 6.45) is 2.03. The normalized spacial score (nSPS) is 10.9. The van der Waals surface area contributed by atoms with E-state index in [0.717, 1.165) is 34.3 Å². The minimum absolute atomic E-state index is 0.302. The first-order chi connectivity index (χ1) is 11.1. The third-order valence-electron chi connectivity index (χ3n) is 3.94. The molecule has 0 spiro atoms. The van der Waals surface area contributed by atoms with Gasteiger partial charge in [0, 0.05) is 29.2 Å². The van der Waals surface area contributed by atoms with Crippen LogP contribution in [0.15, 0.2) is 48.7 Å². The summed E-state index contributed by atoms with van der Waals surface area (Å²) in [5.41, 5.74) is 3.44. The van der Waals surface area contributed by atoms with Gasteiger partial charge in [-0.2, -0.15) is 0 Å². The van der Waals surface area contributed by atoms with Gasteiger partial charge in [-0.1, -0.05) is 18.2 Å². The quantitative estimate of drug-likeness (QED) is 0.766. The number of carbonyl (C=O) groups is 1. The number of aromatic nitrogens is 1. The van der Waals surface area contributed by atoms with Gasteiger partial charge in [0.05, 0.1) is 5.56 Å². The Labute approximate surface area is 134 Å². The Morgan fingerprint density at radius 3 is 2.74 bits per heavy atom. The molecule has 1 N–H and O–H groups in total. The van der Waals surface area contributed by atoms with E-state index in [1.54, 1.807) is 12.1 Å². The largest absolute Gasteiger partial charge is 0.489 e. The van der Waals surface area contributed by atoms with Crippen molar-refractivity contribution in [3.8, 4) is 5.75 Å². The van der Waals surface area contributed by atoms with Crippen molar-refractivity contribution in [2.45, 2.75) is 27.0 Å². The number of carboxylic acids is 1. The van der Waals surface area contributed by atoms with Crippen LogP contribution in [0, 0.1) is 6.92 Å². The van der Waals surface area contributed by atoms with Gasteiger partial charge in [-0.05, 0) is 43.7 Å². The maximum atomic E-state index is 11.2. The van der Waals surface area contributed by atoms with E-state index in [-0.39, 0.29) is 0 Å². The number of carboxylic acid groups (broad SMARTS) is 1. The lowest BCUT2D eigenvalue weighted by Gasteiger charge is -2.06. The lowest BCUT2D eigenvalue weighted by molar-refractivity contribution is 0.0697. The smallest absolute Gasteiger partial charge is 0.335 e. The van der Waals surface area contributed by atoms with E-state index in [2.05, 4.69) is 4.57 Å². The molecule has 0 bridgehead atoms. The molecule has 2 aromatic carbocycles. The molecule has 0 saturated carbocycles. The van der Waals surface area contributed by atoms with Gasteiger partial charge in [0.15, 0.2) is 0 Å². The molecule has 4 heteroatoms. The standard InChI is InChI=1S/C19H19NO3/c1-3-20-11-15(12-23-16-6-4-5-13(2)9-16)17-8-7-14(19(21)22)10-18(17)20/h4-11H,3,12H2,1-2H3,(H,21,22). The molecule has 4 nitrogen and oxygen atoms in total. The van der Waals surface area contributed by atoms with Gasteiger partial charge in [-0.25, -0.2) is 4.79 Å². The second-order valence-electron chi connectivity index (χ2n) is 5.58. The van der Waals surface area contributed by atoms with E-state index in [9.17, 15) is 4.79 Å². The van der Waals surface area contributed by atoms with Crippen molar-refractivity contribution in [1.82, 2.24) is 4.57 Å². The summed E-state index contributed by atoms with van der Waals surface area (Å²) in [6, 6.07) is 13.2. The molecule has 0 aliphatic heterocycles. The van der Waals surface area contributed by atoms with Crippen LogP contribution in [-0.4, -0.2) is 15.6 Å². The van der Waals surface area contributed by atoms with Gasteiger partial charge < -0.3 is 14.4 Å². The lowest BCUT2D eigenvalue weighted by Crippen LogP contribution is -1.97. The predicted octanol–water partition coefficient (Wildman–Crippen LogP) is 4.25. The summed E-state index contributed by atoms with van der Waals surface area (Å²) < 4.78 is 7.94. The first kappa shape index (κ1) is 15.2. The highest BCUT2D eigenvalue weighted by molar-refractivity contribution is 5.94. The Balaban J connectivity index is 1.93. The van der Waals surface area contributed by atoms with Gasteiger partial charge >= 0.3 is 5.97 Å². The molecule has 0 atom stereocenters. The van der Waals surface area contributed by atoms with E-state index < -0.39 is 5.97 Å². The molecule has 3 rings (SSSR count). The molecule has 0 aliphatic rings. The van der Waals surface area contributed by atoms with Crippen molar-refractivity contribution < 1.29 is 14.6 Å². The van der Waals surface area contributed by atoms with E-state index in [4.69, 9.17) is 9.84 Å². The Hall–Kier alpha value is -2.75. The third-order valence-corrected chi connectivity index (χ3v) is 3.94. The zero-order valence-corrected chi connectivity index (χ0v) is 13.2. The average Bonchev–Trinajstić information content (AvgIpc) is 2.90. The average molecular weight is 309 g/mol. The fourth-order valence-corrected chi connectivity index (χ4v) is 2.74. The van der Waals surface area contributed by atoms with E-state index in [1.165, 1.54) is 0 Å². The zero-order valence-electron chi connectivity index (χ0n) is 13.2. The van der Waals surface area contributed by atoms with Crippen LogP contribution in [0.4, 0.5) is 0 Å². The molecule has 0 saturated heterocycles. The van der Waals surface area contributed by atoms with Crippen LogP contribution in [0.3, 0.4) is 0 Å². The molecular weight excluding hydrogens is 290 g/mol. The fourth-order valence-electron chi connectivity index (χ4n) is 2.74. The van der Waals surface area contributed by atoms with E-state index in [1.807, 2.05) is 50.4 Å². The molecule has 0 radical (unpaired) electrons. The van der Waals surface area contributed by atoms with Crippen LogP contribution in [0.2, 0.25) is 0 Å².